The number of hydrogen-bond donors (Lipinski definition) is 2. The van der Waals surface area contributed by atoms with Crippen LogP contribution in [0.1, 0.15) is 40.0 Å². The average Bonchev–Trinajstić information content (AvgIpc) is 2.49. The molecule has 1 saturated heterocycles. The lowest BCUT2D eigenvalue weighted by molar-refractivity contribution is -0.144. The minimum absolute atomic E-state index is 0.0263. The van der Waals surface area contributed by atoms with Gasteiger partial charge in [0, 0.05) is 17.4 Å². The minimum Gasteiger partial charge on any atom is -0.462 e. The Labute approximate surface area is 144 Å². The molecule has 0 bridgehead atoms. The number of aliphatic hydroxyl groups is 2. The van der Waals surface area contributed by atoms with Gasteiger partial charge in [-0.3, -0.25) is 0 Å². The van der Waals surface area contributed by atoms with E-state index in [4.69, 9.17) is 4.74 Å². The zero-order chi connectivity index (χ0) is 17.9. The van der Waals surface area contributed by atoms with E-state index in [1.807, 2.05) is 13.0 Å². The van der Waals surface area contributed by atoms with Crippen LogP contribution in [0, 0.1) is 11.8 Å². The van der Waals surface area contributed by atoms with Crippen LogP contribution in [0.25, 0.3) is 0 Å². The van der Waals surface area contributed by atoms with E-state index in [0.29, 0.717) is 18.6 Å². The molecule has 4 nitrogen and oxygen atoms in total. The number of rotatable bonds is 2. The summed E-state index contributed by atoms with van der Waals surface area (Å²) in [7, 11) is 0. The molecule has 4 heteroatoms. The summed E-state index contributed by atoms with van der Waals surface area (Å²) < 4.78 is 5.35. The fourth-order valence-corrected chi connectivity index (χ4v) is 3.34. The van der Waals surface area contributed by atoms with Crippen molar-refractivity contribution in [2.45, 2.75) is 51.7 Å². The topological polar surface area (TPSA) is 66.8 Å². The molecule has 0 aromatic carbocycles. The summed E-state index contributed by atoms with van der Waals surface area (Å²) in [6, 6.07) is 0. The molecular formula is C20H28O4. The number of carbonyl (C=O) groups excluding carboxylic acids is 1. The molecule has 1 aliphatic heterocycles. The van der Waals surface area contributed by atoms with E-state index in [9.17, 15) is 15.0 Å². The fourth-order valence-electron chi connectivity index (χ4n) is 3.34. The Morgan fingerprint density at radius 3 is 2.75 bits per heavy atom. The Morgan fingerprint density at radius 1 is 1.38 bits per heavy atom. The number of aliphatic hydroxyl groups excluding tert-OH is 1. The van der Waals surface area contributed by atoms with Crippen molar-refractivity contribution in [3.63, 3.8) is 0 Å². The standard InChI is InChI=1S/C20H28O4/c1-13-7-8-16-17(6-5-9-20(3,4)23)19(22)24-12-18(16)14(2)11-15(21)10-13/h5-6,9-10,15-16,18,21,23H,2,7-8,11-12H2,1,3-4H3/b9-5+,13-10+,17-6+/t15-,16+,18-/m0/s1. The number of ether oxygens (including phenoxy) is 1. The van der Waals surface area contributed by atoms with Gasteiger partial charge in [-0.15, -0.1) is 0 Å². The first-order valence-electron chi connectivity index (χ1n) is 8.49. The highest BCUT2D eigenvalue weighted by Crippen LogP contribution is 2.38. The normalized spacial score (nSPS) is 33.3. The molecule has 0 unspecified atom stereocenters. The molecule has 1 heterocycles. The number of allylic oxidation sites excluding steroid dienone is 3. The first-order chi connectivity index (χ1) is 11.2. The van der Waals surface area contributed by atoms with E-state index < -0.39 is 11.7 Å². The van der Waals surface area contributed by atoms with Crippen LogP contribution >= 0.6 is 0 Å². The van der Waals surface area contributed by atoms with E-state index in [2.05, 4.69) is 6.58 Å². The van der Waals surface area contributed by atoms with Gasteiger partial charge in [0.05, 0.1) is 18.3 Å². The first-order valence-corrected chi connectivity index (χ1v) is 8.49. The number of fused-ring (bicyclic) bond motifs is 1. The van der Waals surface area contributed by atoms with Gasteiger partial charge in [0.15, 0.2) is 0 Å². The molecular weight excluding hydrogens is 304 g/mol. The lowest BCUT2D eigenvalue weighted by Crippen LogP contribution is -2.34. The minimum atomic E-state index is -0.930. The smallest absolute Gasteiger partial charge is 0.334 e. The van der Waals surface area contributed by atoms with Crippen molar-refractivity contribution in [2.24, 2.45) is 11.8 Å². The van der Waals surface area contributed by atoms with Crippen molar-refractivity contribution < 1.29 is 19.7 Å². The molecule has 24 heavy (non-hydrogen) atoms. The molecule has 0 amide bonds. The predicted octanol–water partition coefficient (Wildman–Crippen LogP) is 3.08. The predicted molar refractivity (Wildman–Crippen MR) is 94.2 cm³/mol. The number of esters is 1. The first kappa shape index (κ1) is 18.7. The van der Waals surface area contributed by atoms with Crippen molar-refractivity contribution in [1.29, 1.82) is 0 Å². The van der Waals surface area contributed by atoms with Crippen molar-refractivity contribution in [3.05, 3.63) is 47.6 Å². The molecule has 0 spiro atoms. The van der Waals surface area contributed by atoms with Crippen LogP contribution in [0.3, 0.4) is 0 Å². The number of cyclic esters (lactones) is 1. The van der Waals surface area contributed by atoms with Gasteiger partial charge in [-0.25, -0.2) is 4.79 Å². The third-order valence-electron chi connectivity index (χ3n) is 4.62. The monoisotopic (exact) mass is 332 g/mol. The lowest BCUT2D eigenvalue weighted by atomic mass is 9.76. The molecule has 1 aliphatic carbocycles. The average molecular weight is 332 g/mol. The third-order valence-corrected chi connectivity index (χ3v) is 4.62. The van der Waals surface area contributed by atoms with Gasteiger partial charge in [0.25, 0.3) is 0 Å². The molecule has 0 radical (unpaired) electrons. The zero-order valence-corrected chi connectivity index (χ0v) is 14.8. The van der Waals surface area contributed by atoms with Gasteiger partial charge in [-0.05, 0) is 40.0 Å². The summed E-state index contributed by atoms with van der Waals surface area (Å²) >= 11 is 0. The molecule has 132 valence electrons. The molecule has 1 fully saturated rings. The largest absolute Gasteiger partial charge is 0.462 e. The second-order valence-corrected chi connectivity index (χ2v) is 7.43. The van der Waals surface area contributed by atoms with Gasteiger partial charge < -0.3 is 14.9 Å². The van der Waals surface area contributed by atoms with Gasteiger partial charge in [-0.1, -0.05) is 42.0 Å². The Morgan fingerprint density at radius 2 is 2.08 bits per heavy atom. The fraction of sp³-hybridized carbons (Fsp3) is 0.550. The highest BCUT2D eigenvalue weighted by Gasteiger charge is 2.37. The maximum atomic E-state index is 12.3. The maximum Gasteiger partial charge on any atom is 0.334 e. The molecule has 3 atom stereocenters. The second-order valence-electron chi connectivity index (χ2n) is 7.43. The summed E-state index contributed by atoms with van der Waals surface area (Å²) in [6.07, 6.45) is 8.59. The highest BCUT2D eigenvalue weighted by atomic mass is 16.5. The van der Waals surface area contributed by atoms with E-state index >= 15 is 0 Å². The van der Waals surface area contributed by atoms with Gasteiger partial charge in [-0.2, -0.15) is 0 Å². The van der Waals surface area contributed by atoms with Crippen LogP contribution in [-0.2, 0) is 9.53 Å². The summed E-state index contributed by atoms with van der Waals surface area (Å²) in [5, 5.41) is 19.9. The van der Waals surface area contributed by atoms with Crippen molar-refractivity contribution in [2.75, 3.05) is 6.61 Å². The molecule has 0 aromatic rings. The number of hydrogen-bond acceptors (Lipinski definition) is 4. The molecule has 2 aliphatic rings. The summed E-state index contributed by atoms with van der Waals surface area (Å²) in [5.74, 6) is -0.247. The molecule has 2 rings (SSSR count). The summed E-state index contributed by atoms with van der Waals surface area (Å²) in [6.45, 7) is 9.82. The van der Waals surface area contributed by atoms with Crippen molar-refractivity contribution >= 4 is 5.97 Å². The third kappa shape index (κ3) is 4.92. The molecule has 2 N–H and O–H groups in total. The van der Waals surface area contributed by atoms with Crippen LogP contribution in [0.4, 0.5) is 0 Å². The van der Waals surface area contributed by atoms with E-state index in [-0.39, 0.29) is 17.8 Å². The SMILES string of the molecule is C=C1C[C@@H](O)/C=C(\C)CC[C@@H]2/C(=C\C=C\C(C)(C)O)C(=O)OC[C@@H]12. The van der Waals surface area contributed by atoms with Crippen LogP contribution in [-0.4, -0.2) is 34.5 Å². The number of carbonyl (C=O) groups is 1. The molecule has 0 saturated carbocycles. The van der Waals surface area contributed by atoms with Crippen molar-refractivity contribution in [3.8, 4) is 0 Å². The lowest BCUT2D eigenvalue weighted by Gasteiger charge is -2.34. The quantitative estimate of drug-likeness (QED) is 0.463. The van der Waals surface area contributed by atoms with E-state index in [1.165, 1.54) is 0 Å². The zero-order valence-electron chi connectivity index (χ0n) is 14.8. The van der Waals surface area contributed by atoms with Crippen LogP contribution < -0.4 is 0 Å². The van der Waals surface area contributed by atoms with Crippen LogP contribution in [0.2, 0.25) is 0 Å². The maximum absolute atomic E-state index is 12.3. The summed E-state index contributed by atoms with van der Waals surface area (Å²) in [5.41, 5.74) is 1.74. The Hall–Kier alpha value is -1.65. The Bertz CT molecular complexity index is 589. The molecule has 0 aromatic heterocycles. The Kier molecular flexibility index (Phi) is 5.83. The van der Waals surface area contributed by atoms with Gasteiger partial charge in [0.2, 0.25) is 0 Å². The van der Waals surface area contributed by atoms with Crippen molar-refractivity contribution in [1.82, 2.24) is 0 Å². The van der Waals surface area contributed by atoms with E-state index in [1.54, 1.807) is 32.1 Å². The van der Waals surface area contributed by atoms with Crippen LogP contribution in [0.15, 0.2) is 47.6 Å². The highest BCUT2D eigenvalue weighted by molar-refractivity contribution is 5.90. The van der Waals surface area contributed by atoms with E-state index in [0.717, 1.165) is 24.0 Å². The summed E-state index contributed by atoms with van der Waals surface area (Å²) in [4.78, 5) is 12.3. The van der Waals surface area contributed by atoms with Gasteiger partial charge in [0.1, 0.15) is 0 Å². The second kappa shape index (κ2) is 7.49. The van der Waals surface area contributed by atoms with Crippen LogP contribution in [0.5, 0.6) is 0 Å². The van der Waals surface area contributed by atoms with Gasteiger partial charge >= 0.3 is 5.97 Å². The Balaban J connectivity index is 2.32.